The molecule has 2 aromatic rings. The van der Waals surface area contributed by atoms with E-state index in [4.69, 9.17) is 9.47 Å². The topological polar surface area (TPSA) is 96.8 Å². The van der Waals surface area contributed by atoms with Gasteiger partial charge in [0.1, 0.15) is 0 Å². The highest BCUT2D eigenvalue weighted by molar-refractivity contribution is 5.60. The molecule has 132 valence electrons. The number of rotatable bonds is 6. The lowest BCUT2D eigenvalue weighted by molar-refractivity contribution is 0.213. The van der Waals surface area contributed by atoms with E-state index in [9.17, 15) is 0 Å². The number of piperidine rings is 1. The molecule has 24 heavy (non-hydrogen) atoms. The second kappa shape index (κ2) is 8.60. The van der Waals surface area contributed by atoms with Crippen molar-refractivity contribution in [1.82, 2.24) is 25.1 Å². The second-order valence-electron chi connectivity index (χ2n) is 5.68. The maximum atomic E-state index is 5.32. The van der Waals surface area contributed by atoms with Gasteiger partial charge in [0.05, 0.1) is 20.8 Å². The molecular formula is C16H25N5O3. The van der Waals surface area contributed by atoms with Gasteiger partial charge in [0.15, 0.2) is 11.5 Å². The number of nitrogens with zero attached hydrogens (tertiary/aromatic N) is 5. The third-order valence-electron chi connectivity index (χ3n) is 4.16. The Hall–Kier alpha value is -2.19. The molecule has 0 saturated carbocycles. The van der Waals surface area contributed by atoms with Crippen molar-refractivity contribution in [1.29, 1.82) is 0 Å². The summed E-state index contributed by atoms with van der Waals surface area (Å²) >= 11 is 0. The van der Waals surface area contributed by atoms with Gasteiger partial charge in [0, 0.05) is 12.1 Å². The van der Waals surface area contributed by atoms with E-state index in [0.29, 0.717) is 17.3 Å². The second-order valence-corrected chi connectivity index (χ2v) is 5.68. The fraction of sp³-hybridized carbons (Fsp3) is 0.562. The van der Waals surface area contributed by atoms with E-state index < -0.39 is 0 Å². The van der Waals surface area contributed by atoms with Gasteiger partial charge in [0.2, 0.25) is 5.82 Å². The van der Waals surface area contributed by atoms with Gasteiger partial charge < -0.3 is 19.8 Å². The minimum atomic E-state index is 0. The molecule has 1 fully saturated rings. The molecular weight excluding hydrogens is 310 g/mol. The van der Waals surface area contributed by atoms with Gasteiger partial charge >= 0.3 is 0 Å². The smallest absolute Gasteiger partial charge is 0.205 e. The number of hydrogen-bond donors (Lipinski definition) is 0. The number of benzene rings is 1. The molecule has 1 aromatic heterocycles. The van der Waals surface area contributed by atoms with Crippen LogP contribution >= 0.6 is 0 Å². The number of hydrogen-bond acceptors (Lipinski definition) is 6. The standard InChI is InChI=1S/C16H23N5O2.H2O/c1-22-14-7-6-13(12-15(14)23-2)16-17-19-21(18-16)11-10-20-8-4-3-5-9-20;/h6-7,12H,3-5,8-11H2,1-2H3;1H2. The zero-order chi connectivity index (χ0) is 16.1. The summed E-state index contributed by atoms with van der Waals surface area (Å²) in [5, 5.41) is 12.8. The molecule has 1 saturated heterocycles. The van der Waals surface area contributed by atoms with Gasteiger partial charge in [-0.1, -0.05) is 6.42 Å². The summed E-state index contributed by atoms with van der Waals surface area (Å²) in [5.41, 5.74) is 0.867. The van der Waals surface area contributed by atoms with Gasteiger partial charge in [-0.05, 0) is 49.3 Å². The molecule has 0 bridgehead atoms. The van der Waals surface area contributed by atoms with Crippen LogP contribution in [-0.4, -0.2) is 64.4 Å². The molecule has 0 atom stereocenters. The van der Waals surface area contributed by atoms with Crippen LogP contribution in [0.15, 0.2) is 18.2 Å². The molecule has 0 unspecified atom stereocenters. The summed E-state index contributed by atoms with van der Waals surface area (Å²) in [4.78, 5) is 4.13. The van der Waals surface area contributed by atoms with E-state index in [2.05, 4.69) is 20.3 Å². The molecule has 8 nitrogen and oxygen atoms in total. The third-order valence-corrected chi connectivity index (χ3v) is 4.16. The molecule has 1 aliphatic heterocycles. The van der Waals surface area contributed by atoms with Crippen molar-refractivity contribution in [2.24, 2.45) is 0 Å². The lowest BCUT2D eigenvalue weighted by Crippen LogP contribution is -2.33. The first-order chi connectivity index (χ1) is 11.3. The van der Waals surface area contributed by atoms with Crippen LogP contribution in [0.25, 0.3) is 11.4 Å². The van der Waals surface area contributed by atoms with Gasteiger partial charge in [0.25, 0.3) is 0 Å². The minimum Gasteiger partial charge on any atom is -0.493 e. The van der Waals surface area contributed by atoms with E-state index in [1.807, 2.05) is 18.2 Å². The minimum absolute atomic E-state index is 0. The largest absolute Gasteiger partial charge is 0.493 e. The number of ether oxygens (including phenoxy) is 2. The Kier molecular flexibility index (Phi) is 6.51. The molecule has 2 N–H and O–H groups in total. The normalized spacial score (nSPS) is 14.9. The molecule has 0 aliphatic carbocycles. The SMILES string of the molecule is COc1ccc(-c2nnn(CCN3CCCCC3)n2)cc1OC.O. The van der Waals surface area contributed by atoms with E-state index in [1.54, 1.807) is 19.0 Å². The average molecular weight is 335 g/mol. The molecule has 0 spiro atoms. The predicted molar refractivity (Wildman–Crippen MR) is 90.3 cm³/mol. The Bertz CT molecular complexity index is 640. The van der Waals surface area contributed by atoms with Crippen molar-refractivity contribution < 1.29 is 14.9 Å². The third kappa shape index (κ3) is 4.21. The molecule has 8 heteroatoms. The zero-order valence-corrected chi connectivity index (χ0v) is 14.2. The van der Waals surface area contributed by atoms with Crippen LogP contribution in [0.4, 0.5) is 0 Å². The van der Waals surface area contributed by atoms with E-state index >= 15 is 0 Å². The maximum absolute atomic E-state index is 5.32. The number of methoxy groups -OCH3 is 2. The fourth-order valence-electron chi connectivity index (χ4n) is 2.84. The quantitative estimate of drug-likeness (QED) is 0.782. The van der Waals surface area contributed by atoms with Crippen molar-refractivity contribution in [2.75, 3.05) is 33.9 Å². The van der Waals surface area contributed by atoms with Crippen LogP contribution in [0.1, 0.15) is 19.3 Å². The van der Waals surface area contributed by atoms with Crippen molar-refractivity contribution in [3.8, 4) is 22.9 Å². The first-order valence-corrected chi connectivity index (χ1v) is 8.02. The molecule has 2 heterocycles. The molecule has 3 rings (SSSR count). The summed E-state index contributed by atoms with van der Waals surface area (Å²) in [5.74, 6) is 1.95. The van der Waals surface area contributed by atoms with E-state index in [-0.39, 0.29) is 5.48 Å². The highest BCUT2D eigenvalue weighted by Crippen LogP contribution is 2.30. The van der Waals surface area contributed by atoms with Crippen LogP contribution < -0.4 is 9.47 Å². The first kappa shape index (κ1) is 18.2. The summed E-state index contributed by atoms with van der Waals surface area (Å²) in [7, 11) is 3.23. The Balaban J connectivity index is 0.00000208. The average Bonchev–Trinajstić information content (AvgIpc) is 3.09. The Morgan fingerprint density at radius 2 is 1.75 bits per heavy atom. The predicted octanol–water partition coefficient (Wildman–Crippen LogP) is 1.02. The highest BCUT2D eigenvalue weighted by Gasteiger charge is 2.13. The van der Waals surface area contributed by atoms with Crippen molar-refractivity contribution >= 4 is 0 Å². The Labute approximate surface area is 141 Å². The van der Waals surface area contributed by atoms with E-state index in [0.717, 1.165) is 18.7 Å². The van der Waals surface area contributed by atoms with Crippen molar-refractivity contribution in [3.63, 3.8) is 0 Å². The van der Waals surface area contributed by atoms with Gasteiger partial charge in [-0.2, -0.15) is 4.80 Å². The molecule has 1 aliphatic rings. The van der Waals surface area contributed by atoms with Crippen molar-refractivity contribution in [3.05, 3.63) is 18.2 Å². The van der Waals surface area contributed by atoms with Gasteiger partial charge in [-0.15, -0.1) is 10.2 Å². The molecule has 1 aromatic carbocycles. The Morgan fingerprint density at radius 3 is 2.46 bits per heavy atom. The van der Waals surface area contributed by atoms with Crippen LogP contribution in [0.2, 0.25) is 0 Å². The van der Waals surface area contributed by atoms with Crippen LogP contribution in [-0.2, 0) is 6.54 Å². The summed E-state index contributed by atoms with van der Waals surface area (Å²) < 4.78 is 10.6. The fourth-order valence-corrected chi connectivity index (χ4v) is 2.84. The van der Waals surface area contributed by atoms with Crippen LogP contribution in [0, 0.1) is 0 Å². The van der Waals surface area contributed by atoms with Crippen molar-refractivity contribution in [2.45, 2.75) is 25.8 Å². The summed E-state index contributed by atoms with van der Waals surface area (Å²) in [6.07, 6.45) is 3.94. The van der Waals surface area contributed by atoms with Crippen LogP contribution in [0.3, 0.4) is 0 Å². The monoisotopic (exact) mass is 335 g/mol. The number of tetrazole rings is 1. The highest BCUT2D eigenvalue weighted by atomic mass is 16.5. The maximum Gasteiger partial charge on any atom is 0.205 e. The lowest BCUT2D eigenvalue weighted by Gasteiger charge is -2.25. The van der Waals surface area contributed by atoms with E-state index in [1.165, 1.54) is 32.4 Å². The lowest BCUT2D eigenvalue weighted by atomic mass is 10.1. The summed E-state index contributed by atoms with van der Waals surface area (Å²) in [6.45, 7) is 4.09. The summed E-state index contributed by atoms with van der Waals surface area (Å²) in [6, 6.07) is 5.63. The number of aromatic nitrogens is 4. The van der Waals surface area contributed by atoms with Gasteiger partial charge in [-0.3, -0.25) is 0 Å². The number of likely N-dealkylation sites (tertiary alicyclic amines) is 1. The van der Waals surface area contributed by atoms with Crippen LogP contribution in [0.5, 0.6) is 11.5 Å². The molecule has 0 amide bonds. The van der Waals surface area contributed by atoms with Gasteiger partial charge in [-0.25, -0.2) is 0 Å². The first-order valence-electron chi connectivity index (χ1n) is 8.02. The molecule has 0 radical (unpaired) electrons. The zero-order valence-electron chi connectivity index (χ0n) is 14.2. The Morgan fingerprint density at radius 1 is 1.00 bits per heavy atom.